The van der Waals surface area contributed by atoms with Gasteiger partial charge in [-0.3, -0.25) is 14.5 Å². The SMILES string of the molecule is CCOP(=O)(OCC)c1ccnc(-c2ccccn2)c1. The molecule has 0 fully saturated rings. The summed E-state index contributed by atoms with van der Waals surface area (Å²) in [5.74, 6) is 0. The van der Waals surface area contributed by atoms with E-state index < -0.39 is 7.60 Å². The van der Waals surface area contributed by atoms with Gasteiger partial charge in [0, 0.05) is 12.4 Å². The zero-order valence-corrected chi connectivity index (χ0v) is 12.4. The lowest BCUT2D eigenvalue weighted by Gasteiger charge is -2.17. The van der Waals surface area contributed by atoms with Crippen molar-refractivity contribution in [3.8, 4) is 11.4 Å². The van der Waals surface area contributed by atoms with Gasteiger partial charge in [-0.25, -0.2) is 0 Å². The monoisotopic (exact) mass is 292 g/mol. The van der Waals surface area contributed by atoms with Crippen LogP contribution in [-0.2, 0) is 13.6 Å². The van der Waals surface area contributed by atoms with Crippen LogP contribution in [0.4, 0.5) is 0 Å². The highest BCUT2D eigenvalue weighted by atomic mass is 31.2. The van der Waals surface area contributed by atoms with E-state index in [1.54, 1.807) is 38.4 Å². The van der Waals surface area contributed by atoms with Crippen molar-refractivity contribution in [2.75, 3.05) is 13.2 Å². The van der Waals surface area contributed by atoms with E-state index in [1.807, 2.05) is 18.2 Å². The first kappa shape index (κ1) is 14.9. The predicted octanol–water partition coefficient (Wildman–Crippen LogP) is 3.04. The molecule has 106 valence electrons. The molecule has 0 unspecified atom stereocenters. The highest BCUT2D eigenvalue weighted by Gasteiger charge is 2.27. The van der Waals surface area contributed by atoms with Crippen LogP contribution in [-0.4, -0.2) is 23.2 Å². The molecule has 0 amide bonds. The minimum Gasteiger partial charge on any atom is -0.305 e. The fourth-order valence-electron chi connectivity index (χ4n) is 1.77. The van der Waals surface area contributed by atoms with E-state index in [2.05, 4.69) is 9.97 Å². The molecule has 20 heavy (non-hydrogen) atoms. The van der Waals surface area contributed by atoms with Crippen LogP contribution in [0.2, 0.25) is 0 Å². The number of rotatable bonds is 6. The molecule has 0 spiro atoms. The van der Waals surface area contributed by atoms with Crippen LogP contribution in [0.1, 0.15) is 13.8 Å². The zero-order chi connectivity index (χ0) is 14.4. The third-order valence-electron chi connectivity index (χ3n) is 2.59. The van der Waals surface area contributed by atoms with Gasteiger partial charge in [0.1, 0.15) is 0 Å². The average Bonchev–Trinajstić information content (AvgIpc) is 2.49. The third kappa shape index (κ3) is 3.31. The molecule has 2 aromatic heterocycles. The molecule has 6 heteroatoms. The molecule has 0 bridgehead atoms. The molecular formula is C14H17N2O3P. The van der Waals surface area contributed by atoms with Crippen LogP contribution in [0.5, 0.6) is 0 Å². The van der Waals surface area contributed by atoms with Gasteiger partial charge in [0.15, 0.2) is 0 Å². The highest BCUT2D eigenvalue weighted by molar-refractivity contribution is 7.62. The van der Waals surface area contributed by atoms with E-state index in [4.69, 9.17) is 9.05 Å². The molecule has 2 rings (SSSR count). The van der Waals surface area contributed by atoms with E-state index >= 15 is 0 Å². The normalized spacial score (nSPS) is 11.5. The number of pyridine rings is 2. The Bertz CT molecular complexity index is 594. The van der Waals surface area contributed by atoms with Crippen molar-refractivity contribution in [1.29, 1.82) is 0 Å². The van der Waals surface area contributed by atoms with Crippen molar-refractivity contribution in [3.05, 3.63) is 42.7 Å². The zero-order valence-electron chi connectivity index (χ0n) is 11.5. The third-order valence-corrected chi connectivity index (χ3v) is 4.69. The summed E-state index contributed by atoms with van der Waals surface area (Å²) in [6.07, 6.45) is 3.28. The smallest absolute Gasteiger partial charge is 0.305 e. The molecule has 0 N–H and O–H groups in total. The summed E-state index contributed by atoms with van der Waals surface area (Å²) in [4.78, 5) is 8.48. The molecule has 0 radical (unpaired) electrons. The Kier molecular flexibility index (Phi) is 5.01. The van der Waals surface area contributed by atoms with Crippen molar-refractivity contribution in [1.82, 2.24) is 9.97 Å². The lowest BCUT2D eigenvalue weighted by molar-refractivity contribution is 0.230. The molecule has 0 aliphatic carbocycles. The molecule has 5 nitrogen and oxygen atoms in total. The van der Waals surface area contributed by atoms with Crippen molar-refractivity contribution in [3.63, 3.8) is 0 Å². The minimum atomic E-state index is -3.29. The number of nitrogens with zero attached hydrogens (tertiary/aromatic N) is 2. The second-order valence-corrected chi connectivity index (χ2v) is 5.98. The maximum absolute atomic E-state index is 12.7. The lowest BCUT2D eigenvalue weighted by atomic mass is 10.2. The van der Waals surface area contributed by atoms with Crippen LogP contribution in [0.25, 0.3) is 11.4 Å². The second-order valence-electron chi connectivity index (χ2n) is 3.95. The molecule has 0 aliphatic heterocycles. The Labute approximate surface area is 118 Å². The summed E-state index contributed by atoms with van der Waals surface area (Å²) in [6, 6.07) is 8.91. The quantitative estimate of drug-likeness (QED) is 0.766. The molecule has 2 heterocycles. The maximum atomic E-state index is 12.7. The Morgan fingerprint density at radius 1 is 1.00 bits per heavy atom. The predicted molar refractivity (Wildman–Crippen MR) is 78.0 cm³/mol. The van der Waals surface area contributed by atoms with Crippen LogP contribution in [0.15, 0.2) is 42.7 Å². The fourth-order valence-corrected chi connectivity index (χ4v) is 3.35. The first-order valence-corrected chi connectivity index (χ1v) is 8.01. The van der Waals surface area contributed by atoms with Gasteiger partial charge in [0.25, 0.3) is 0 Å². The molecule has 0 atom stereocenters. The Morgan fingerprint density at radius 2 is 1.70 bits per heavy atom. The van der Waals surface area contributed by atoms with E-state index in [-0.39, 0.29) is 0 Å². The Balaban J connectivity index is 2.41. The summed E-state index contributed by atoms with van der Waals surface area (Å²) in [7, 11) is -3.29. The lowest BCUT2D eigenvalue weighted by Crippen LogP contribution is -2.11. The van der Waals surface area contributed by atoms with Gasteiger partial charge in [-0.05, 0) is 38.1 Å². The van der Waals surface area contributed by atoms with Crippen LogP contribution >= 0.6 is 7.60 Å². The van der Waals surface area contributed by atoms with Gasteiger partial charge in [-0.1, -0.05) is 6.07 Å². The number of aromatic nitrogens is 2. The average molecular weight is 292 g/mol. The van der Waals surface area contributed by atoms with Gasteiger partial charge in [-0.15, -0.1) is 0 Å². The summed E-state index contributed by atoms with van der Waals surface area (Å²) in [5, 5.41) is 0.497. The van der Waals surface area contributed by atoms with E-state index in [9.17, 15) is 4.57 Å². The highest BCUT2D eigenvalue weighted by Crippen LogP contribution is 2.46. The number of hydrogen-bond acceptors (Lipinski definition) is 5. The van der Waals surface area contributed by atoms with Crippen molar-refractivity contribution in [2.24, 2.45) is 0 Å². The minimum absolute atomic E-state index is 0.318. The van der Waals surface area contributed by atoms with Crippen molar-refractivity contribution >= 4 is 12.9 Å². The Hall–Kier alpha value is -1.55. The molecule has 0 aromatic carbocycles. The van der Waals surface area contributed by atoms with Gasteiger partial charge >= 0.3 is 7.60 Å². The van der Waals surface area contributed by atoms with Gasteiger partial charge in [0.05, 0.1) is 29.9 Å². The molecule has 0 saturated carbocycles. The largest absolute Gasteiger partial charge is 0.361 e. The van der Waals surface area contributed by atoms with Crippen molar-refractivity contribution < 1.29 is 13.6 Å². The molecule has 0 aliphatic rings. The molecule has 0 saturated heterocycles. The van der Waals surface area contributed by atoms with Gasteiger partial charge in [-0.2, -0.15) is 0 Å². The summed E-state index contributed by atoms with van der Waals surface area (Å²) in [6.45, 7) is 4.20. The van der Waals surface area contributed by atoms with Crippen LogP contribution < -0.4 is 5.30 Å². The van der Waals surface area contributed by atoms with Crippen LogP contribution in [0.3, 0.4) is 0 Å². The summed E-state index contributed by atoms with van der Waals surface area (Å²) >= 11 is 0. The van der Waals surface area contributed by atoms with Crippen molar-refractivity contribution in [2.45, 2.75) is 13.8 Å². The summed E-state index contributed by atoms with van der Waals surface area (Å²) < 4.78 is 23.4. The standard InChI is InChI=1S/C14H17N2O3P/c1-3-18-20(17,19-4-2)12-8-10-16-14(11-12)13-7-5-6-9-15-13/h5-11H,3-4H2,1-2H3. The van der Waals surface area contributed by atoms with Gasteiger partial charge < -0.3 is 9.05 Å². The van der Waals surface area contributed by atoms with E-state index in [0.29, 0.717) is 29.9 Å². The molecule has 2 aromatic rings. The number of hydrogen-bond donors (Lipinski definition) is 0. The van der Waals surface area contributed by atoms with Crippen LogP contribution in [0, 0.1) is 0 Å². The summed E-state index contributed by atoms with van der Waals surface area (Å²) in [5.41, 5.74) is 1.36. The fraction of sp³-hybridized carbons (Fsp3) is 0.286. The first-order chi connectivity index (χ1) is 9.69. The second kappa shape index (κ2) is 6.75. The Morgan fingerprint density at radius 3 is 2.30 bits per heavy atom. The topological polar surface area (TPSA) is 61.3 Å². The van der Waals surface area contributed by atoms with E-state index in [1.165, 1.54) is 0 Å². The van der Waals surface area contributed by atoms with Gasteiger partial charge in [0.2, 0.25) is 0 Å². The van der Waals surface area contributed by atoms with E-state index in [0.717, 1.165) is 0 Å². The molecular weight excluding hydrogens is 275 g/mol. The maximum Gasteiger partial charge on any atom is 0.361 e. The first-order valence-electron chi connectivity index (χ1n) is 6.46.